The summed E-state index contributed by atoms with van der Waals surface area (Å²) in [5, 5.41) is 9.46. The van der Waals surface area contributed by atoms with Crippen LogP contribution >= 0.6 is 12.2 Å². The first-order valence-corrected chi connectivity index (χ1v) is 11.0. The molecule has 4 aromatic rings. The third-order valence-electron chi connectivity index (χ3n) is 5.25. The van der Waals surface area contributed by atoms with Gasteiger partial charge < -0.3 is 24.5 Å². The topological polar surface area (TPSA) is 102 Å². The number of benzene rings is 3. The van der Waals surface area contributed by atoms with Crippen molar-refractivity contribution in [2.45, 2.75) is 6.92 Å². The molecule has 0 aliphatic rings. The average molecular weight is 490 g/mol. The van der Waals surface area contributed by atoms with Gasteiger partial charge in [-0.1, -0.05) is 18.2 Å². The number of carbonyl (C=O) groups is 2. The number of methoxy groups -OCH3 is 2. The Morgan fingerprint density at radius 3 is 2.34 bits per heavy atom. The highest BCUT2D eigenvalue weighted by Gasteiger charge is 2.15. The maximum Gasteiger partial charge on any atom is 0.291 e. The zero-order valence-electron chi connectivity index (χ0n) is 19.3. The number of nitrogens with one attached hydrogen (secondary N) is 3. The molecule has 3 N–H and O–H groups in total. The molecule has 0 aliphatic carbocycles. The van der Waals surface area contributed by atoms with Crippen molar-refractivity contribution in [2.75, 3.05) is 24.9 Å². The molecule has 1 heterocycles. The minimum absolute atomic E-state index is 0.128. The molecule has 0 unspecified atom stereocenters. The Kier molecular flexibility index (Phi) is 6.98. The van der Waals surface area contributed by atoms with Crippen LogP contribution in [0, 0.1) is 6.92 Å². The van der Waals surface area contributed by atoms with Crippen LogP contribution in [-0.4, -0.2) is 31.1 Å². The number of carbonyl (C=O) groups excluding carboxylic acids is 2. The standard InChI is InChI=1S/C26H23N3O5S/c1-15-12-18(27-26(35)29-24(30)17-8-11-21(32-2)22(14-17)33-3)9-10-19(15)28-25(31)23-13-16-6-4-5-7-20(16)34-23/h4-14H,1-3H3,(H,28,31)(H2,27,29,30,35). The number of rotatable bonds is 6. The number of furan rings is 1. The predicted octanol–water partition coefficient (Wildman–Crippen LogP) is 5.14. The van der Waals surface area contributed by atoms with E-state index in [0.29, 0.717) is 34.0 Å². The molecule has 35 heavy (non-hydrogen) atoms. The molecule has 0 aliphatic heterocycles. The quantitative estimate of drug-likeness (QED) is 0.323. The number of hydrogen-bond acceptors (Lipinski definition) is 6. The smallest absolute Gasteiger partial charge is 0.291 e. The molecule has 8 nitrogen and oxygen atoms in total. The van der Waals surface area contributed by atoms with E-state index in [1.54, 1.807) is 36.4 Å². The van der Waals surface area contributed by atoms with Gasteiger partial charge >= 0.3 is 0 Å². The van der Waals surface area contributed by atoms with E-state index in [1.807, 2.05) is 37.3 Å². The van der Waals surface area contributed by atoms with Crippen LogP contribution in [0.25, 0.3) is 11.0 Å². The Hall–Kier alpha value is -4.37. The molecule has 0 fully saturated rings. The van der Waals surface area contributed by atoms with Gasteiger partial charge in [-0.15, -0.1) is 0 Å². The summed E-state index contributed by atoms with van der Waals surface area (Å²) in [5.74, 6) is 0.451. The molecular formula is C26H23N3O5S. The van der Waals surface area contributed by atoms with E-state index < -0.39 is 5.91 Å². The Morgan fingerprint density at radius 2 is 1.63 bits per heavy atom. The first kappa shape index (κ1) is 23.8. The van der Waals surface area contributed by atoms with Crippen molar-refractivity contribution in [3.05, 3.63) is 83.6 Å². The van der Waals surface area contributed by atoms with Crippen LogP contribution in [0.3, 0.4) is 0 Å². The fraction of sp³-hybridized carbons (Fsp3) is 0.115. The molecule has 4 rings (SSSR count). The van der Waals surface area contributed by atoms with E-state index in [1.165, 1.54) is 14.2 Å². The van der Waals surface area contributed by atoms with Gasteiger partial charge in [0.1, 0.15) is 5.58 Å². The van der Waals surface area contributed by atoms with Gasteiger partial charge in [0.25, 0.3) is 11.8 Å². The number of para-hydroxylation sites is 1. The number of anilines is 2. The van der Waals surface area contributed by atoms with Gasteiger partial charge in [0.05, 0.1) is 14.2 Å². The third-order valence-corrected chi connectivity index (χ3v) is 5.46. The van der Waals surface area contributed by atoms with Crippen LogP contribution in [0.15, 0.2) is 71.1 Å². The summed E-state index contributed by atoms with van der Waals surface area (Å²) in [4.78, 5) is 25.2. The summed E-state index contributed by atoms with van der Waals surface area (Å²) < 4.78 is 16.0. The number of hydrogen-bond donors (Lipinski definition) is 3. The number of fused-ring (bicyclic) bond motifs is 1. The van der Waals surface area contributed by atoms with Crippen LogP contribution in [0.4, 0.5) is 11.4 Å². The maximum absolute atomic E-state index is 12.6. The van der Waals surface area contributed by atoms with Crippen molar-refractivity contribution in [3.63, 3.8) is 0 Å². The third kappa shape index (κ3) is 5.42. The summed E-state index contributed by atoms with van der Waals surface area (Å²) in [5.41, 5.74) is 3.10. The molecule has 9 heteroatoms. The highest BCUT2D eigenvalue weighted by Crippen LogP contribution is 2.27. The highest BCUT2D eigenvalue weighted by molar-refractivity contribution is 7.80. The van der Waals surface area contributed by atoms with Crippen molar-refractivity contribution < 1.29 is 23.5 Å². The van der Waals surface area contributed by atoms with E-state index >= 15 is 0 Å². The van der Waals surface area contributed by atoms with E-state index in [0.717, 1.165) is 10.9 Å². The van der Waals surface area contributed by atoms with E-state index in [2.05, 4.69) is 16.0 Å². The van der Waals surface area contributed by atoms with Gasteiger partial charge in [0.2, 0.25) is 0 Å². The van der Waals surface area contributed by atoms with Gasteiger partial charge in [0, 0.05) is 22.3 Å². The lowest BCUT2D eigenvalue weighted by atomic mass is 10.1. The monoisotopic (exact) mass is 489 g/mol. The molecule has 3 aromatic carbocycles. The Labute approximate surface area is 207 Å². The first-order chi connectivity index (χ1) is 16.9. The van der Waals surface area contributed by atoms with Gasteiger partial charge in [-0.3, -0.25) is 14.9 Å². The molecule has 0 bridgehead atoms. The lowest BCUT2D eigenvalue weighted by Crippen LogP contribution is -2.34. The molecule has 2 amide bonds. The number of thiocarbonyl (C=S) groups is 1. The van der Waals surface area contributed by atoms with E-state index in [-0.39, 0.29) is 16.8 Å². The molecule has 0 saturated carbocycles. The van der Waals surface area contributed by atoms with Crippen molar-refractivity contribution in [1.82, 2.24) is 5.32 Å². The fourth-order valence-corrected chi connectivity index (χ4v) is 3.69. The molecule has 0 radical (unpaired) electrons. The molecule has 0 saturated heterocycles. The number of amides is 2. The molecule has 0 atom stereocenters. The minimum Gasteiger partial charge on any atom is -0.493 e. The van der Waals surface area contributed by atoms with Gasteiger partial charge in [-0.25, -0.2) is 0 Å². The second-order valence-electron chi connectivity index (χ2n) is 7.61. The predicted molar refractivity (Wildman–Crippen MR) is 139 cm³/mol. The van der Waals surface area contributed by atoms with Crippen LogP contribution in [-0.2, 0) is 0 Å². The normalized spacial score (nSPS) is 10.5. The largest absolute Gasteiger partial charge is 0.493 e. The summed E-state index contributed by atoms with van der Waals surface area (Å²) in [6, 6.07) is 19.3. The molecule has 0 spiro atoms. The highest BCUT2D eigenvalue weighted by atomic mass is 32.1. The molecular weight excluding hydrogens is 466 g/mol. The van der Waals surface area contributed by atoms with Gasteiger partial charge in [0.15, 0.2) is 22.4 Å². The zero-order chi connectivity index (χ0) is 24.9. The number of ether oxygens (including phenoxy) is 2. The SMILES string of the molecule is COc1ccc(C(=O)NC(=S)Nc2ccc(NC(=O)c3cc4ccccc4o3)c(C)c2)cc1OC. The summed E-state index contributed by atoms with van der Waals surface area (Å²) in [7, 11) is 3.02. The van der Waals surface area contributed by atoms with Crippen LogP contribution in [0.2, 0.25) is 0 Å². The van der Waals surface area contributed by atoms with Gasteiger partial charge in [-0.2, -0.15) is 0 Å². The lowest BCUT2D eigenvalue weighted by Gasteiger charge is -2.13. The second kappa shape index (κ2) is 10.3. The van der Waals surface area contributed by atoms with E-state index in [4.69, 9.17) is 26.1 Å². The Morgan fingerprint density at radius 1 is 0.857 bits per heavy atom. The Bertz CT molecular complexity index is 1400. The van der Waals surface area contributed by atoms with Crippen molar-refractivity contribution in [2.24, 2.45) is 0 Å². The lowest BCUT2D eigenvalue weighted by molar-refractivity contribution is 0.0974. The first-order valence-electron chi connectivity index (χ1n) is 10.6. The van der Waals surface area contributed by atoms with Crippen LogP contribution in [0.5, 0.6) is 11.5 Å². The van der Waals surface area contributed by atoms with Crippen LogP contribution < -0.4 is 25.4 Å². The summed E-state index contributed by atoms with van der Waals surface area (Å²) in [6.45, 7) is 1.85. The van der Waals surface area contributed by atoms with Crippen molar-refractivity contribution in [3.8, 4) is 11.5 Å². The van der Waals surface area contributed by atoms with Crippen molar-refractivity contribution >= 4 is 51.5 Å². The zero-order valence-corrected chi connectivity index (χ0v) is 20.1. The summed E-state index contributed by atoms with van der Waals surface area (Å²) in [6.07, 6.45) is 0. The van der Waals surface area contributed by atoms with Crippen molar-refractivity contribution in [1.29, 1.82) is 0 Å². The van der Waals surface area contributed by atoms with Gasteiger partial charge in [-0.05, 0) is 73.2 Å². The fourth-order valence-electron chi connectivity index (χ4n) is 3.47. The Balaban J connectivity index is 1.38. The summed E-state index contributed by atoms with van der Waals surface area (Å²) >= 11 is 5.28. The molecule has 1 aromatic heterocycles. The van der Waals surface area contributed by atoms with Crippen LogP contribution in [0.1, 0.15) is 26.5 Å². The number of aryl methyl sites for hydroxylation is 1. The minimum atomic E-state index is -0.394. The second-order valence-corrected chi connectivity index (χ2v) is 8.02. The molecule has 178 valence electrons. The maximum atomic E-state index is 12.6. The average Bonchev–Trinajstić information content (AvgIpc) is 3.29. The van der Waals surface area contributed by atoms with E-state index in [9.17, 15) is 9.59 Å².